The highest BCUT2D eigenvalue weighted by Crippen LogP contribution is 2.16. The van der Waals surface area contributed by atoms with E-state index in [1.54, 1.807) is 6.07 Å². The molecule has 4 rings (SSSR count). The molecule has 3 aromatic rings. The van der Waals surface area contributed by atoms with Gasteiger partial charge < -0.3 is 19.8 Å². The van der Waals surface area contributed by atoms with Crippen molar-refractivity contribution >= 4 is 11.6 Å². The monoisotopic (exact) mass is 350 g/mol. The third-order valence-corrected chi connectivity index (χ3v) is 4.53. The molecule has 2 N–H and O–H groups in total. The molecule has 0 spiro atoms. The number of piperidine rings is 1. The van der Waals surface area contributed by atoms with Gasteiger partial charge in [0.2, 0.25) is 0 Å². The second kappa shape index (κ2) is 7.58. The third kappa shape index (κ3) is 3.86. The molecular weight excluding hydrogens is 328 g/mol. The molecule has 6 heteroatoms. The first kappa shape index (κ1) is 16.6. The predicted octanol–water partition coefficient (Wildman–Crippen LogP) is 2.40. The molecule has 2 aromatic heterocycles. The Morgan fingerprint density at radius 3 is 3.12 bits per heavy atom. The van der Waals surface area contributed by atoms with Crippen molar-refractivity contribution < 1.29 is 9.53 Å². The molecule has 0 radical (unpaired) electrons. The number of imidazole rings is 1. The van der Waals surface area contributed by atoms with Crippen LogP contribution in [0, 0.1) is 0 Å². The lowest BCUT2D eigenvalue weighted by Crippen LogP contribution is -2.45. The summed E-state index contributed by atoms with van der Waals surface area (Å²) in [5.74, 6) is 0.605. The number of hydrogen-bond acceptors (Lipinski definition) is 4. The van der Waals surface area contributed by atoms with Crippen molar-refractivity contribution in [3.8, 4) is 5.75 Å². The number of amides is 1. The second-order valence-electron chi connectivity index (χ2n) is 6.53. The molecular formula is C20H22N4O2. The summed E-state index contributed by atoms with van der Waals surface area (Å²) in [6, 6.07) is 13.3. The van der Waals surface area contributed by atoms with Gasteiger partial charge in [-0.1, -0.05) is 12.1 Å². The van der Waals surface area contributed by atoms with E-state index in [1.165, 1.54) is 0 Å². The lowest BCUT2D eigenvalue weighted by molar-refractivity contribution is 0.0930. The summed E-state index contributed by atoms with van der Waals surface area (Å²) in [5, 5.41) is 6.39. The van der Waals surface area contributed by atoms with Gasteiger partial charge in [0.1, 0.15) is 18.0 Å². The van der Waals surface area contributed by atoms with Gasteiger partial charge in [0, 0.05) is 30.5 Å². The predicted molar refractivity (Wildman–Crippen MR) is 99.3 cm³/mol. The summed E-state index contributed by atoms with van der Waals surface area (Å²) in [4.78, 5) is 17.0. The van der Waals surface area contributed by atoms with E-state index in [9.17, 15) is 4.79 Å². The number of benzene rings is 1. The van der Waals surface area contributed by atoms with Crippen LogP contribution in [-0.4, -0.2) is 34.4 Å². The maximum atomic E-state index is 12.4. The van der Waals surface area contributed by atoms with Crippen molar-refractivity contribution in [1.82, 2.24) is 20.0 Å². The molecule has 0 saturated carbocycles. The van der Waals surface area contributed by atoms with Crippen molar-refractivity contribution in [2.75, 3.05) is 13.1 Å². The topological polar surface area (TPSA) is 67.7 Å². The van der Waals surface area contributed by atoms with E-state index in [-0.39, 0.29) is 11.9 Å². The lowest BCUT2D eigenvalue weighted by Gasteiger charge is -2.23. The number of rotatable bonds is 5. The zero-order chi connectivity index (χ0) is 17.8. The summed E-state index contributed by atoms with van der Waals surface area (Å²) in [6.45, 7) is 2.22. The first-order chi connectivity index (χ1) is 12.8. The minimum absolute atomic E-state index is 0.0584. The molecule has 1 aliphatic heterocycles. The van der Waals surface area contributed by atoms with Crippen LogP contribution in [0.1, 0.15) is 28.9 Å². The average molecular weight is 350 g/mol. The Kier molecular flexibility index (Phi) is 4.84. The van der Waals surface area contributed by atoms with Crippen molar-refractivity contribution in [1.29, 1.82) is 0 Å². The van der Waals surface area contributed by atoms with E-state index >= 15 is 0 Å². The van der Waals surface area contributed by atoms with Crippen LogP contribution in [0.15, 0.2) is 54.9 Å². The molecule has 1 amide bonds. The fourth-order valence-corrected chi connectivity index (χ4v) is 3.18. The Morgan fingerprint density at radius 1 is 1.31 bits per heavy atom. The Morgan fingerprint density at radius 2 is 2.27 bits per heavy atom. The van der Waals surface area contributed by atoms with Crippen molar-refractivity contribution in [2.45, 2.75) is 25.5 Å². The normalized spacial score (nSPS) is 17.2. The van der Waals surface area contributed by atoms with E-state index in [1.807, 2.05) is 53.2 Å². The highest BCUT2D eigenvalue weighted by Gasteiger charge is 2.16. The smallest absolute Gasteiger partial charge is 0.251 e. The lowest BCUT2D eigenvalue weighted by atomic mass is 10.1. The van der Waals surface area contributed by atoms with Crippen molar-refractivity contribution in [3.05, 3.63) is 66.1 Å². The van der Waals surface area contributed by atoms with Gasteiger partial charge in [-0.15, -0.1) is 0 Å². The largest absolute Gasteiger partial charge is 0.487 e. The van der Waals surface area contributed by atoms with Gasteiger partial charge in [-0.2, -0.15) is 0 Å². The first-order valence-corrected chi connectivity index (χ1v) is 8.95. The molecule has 1 aromatic carbocycles. The number of hydrogen-bond donors (Lipinski definition) is 2. The van der Waals surface area contributed by atoms with E-state index in [4.69, 9.17) is 4.74 Å². The Labute approximate surface area is 152 Å². The van der Waals surface area contributed by atoms with Gasteiger partial charge >= 0.3 is 0 Å². The van der Waals surface area contributed by atoms with Gasteiger partial charge in [0.05, 0.1) is 5.69 Å². The number of fused-ring (bicyclic) bond motifs is 1. The number of nitrogens with one attached hydrogen (secondary N) is 2. The van der Waals surface area contributed by atoms with E-state index in [0.717, 1.165) is 37.3 Å². The minimum atomic E-state index is -0.0584. The molecule has 0 aliphatic carbocycles. The maximum Gasteiger partial charge on any atom is 0.251 e. The van der Waals surface area contributed by atoms with Crippen LogP contribution in [0.25, 0.3) is 5.65 Å². The first-order valence-electron chi connectivity index (χ1n) is 8.95. The molecule has 6 nitrogen and oxygen atoms in total. The second-order valence-corrected chi connectivity index (χ2v) is 6.53. The maximum absolute atomic E-state index is 12.4. The van der Waals surface area contributed by atoms with Crippen LogP contribution in [0.2, 0.25) is 0 Å². The summed E-state index contributed by atoms with van der Waals surface area (Å²) >= 11 is 0. The van der Waals surface area contributed by atoms with Crippen LogP contribution in [0.3, 0.4) is 0 Å². The Hall–Kier alpha value is -2.86. The summed E-state index contributed by atoms with van der Waals surface area (Å²) in [5.41, 5.74) is 2.35. The van der Waals surface area contributed by atoms with Crippen LogP contribution < -0.4 is 15.4 Å². The number of aromatic nitrogens is 2. The van der Waals surface area contributed by atoms with E-state index in [0.29, 0.717) is 17.9 Å². The SMILES string of the molecule is O=C(N[C@H]1CCCNC1)c1cccc(OCc2cn3ccccc3n2)c1. The van der Waals surface area contributed by atoms with Crippen LogP contribution >= 0.6 is 0 Å². The third-order valence-electron chi connectivity index (χ3n) is 4.53. The summed E-state index contributed by atoms with van der Waals surface area (Å²) in [7, 11) is 0. The van der Waals surface area contributed by atoms with E-state index in [2.05, 4.69) is 15.6 Å². The molecule has 0 unspecified atom stereocenters. The van der Waals surface area contributed by atoms with Crippen LogP contribution in [0.5, 0.6) is 5.75 Å². The fraction of sp³-hybridized carbons (Fsp3) is 0.300. The van der Waals surface area contributed by atoms with Gasteiger partial charge in [0.15, 0.2) is 0 Å². The number of carbonyl (C=O) groups excluding carboxylic acids is 1. The van der Waals surface area contributed by atoms with Gasteiger partial charge in [-0.25, -0.2) is 4.98 Å². The molecule has 1 aliphatic rings. The van der Waals surface area contributed by atoms with Crippen molar-refractivity contribution in [3.63, 3.8) is 0 Å². The molecule has 134 valence electrons. The summed E-state index contributed by atoms with van der Waals surface area (Å²) in [6.07, 6.45) is 6.01. The van der Waals surface area contributed by atoms with Gasteiger partial charge in [-0.3, -0.25) is 4.79 Å². The van der Waals surface area contributed by atoms with Crippen molar-refractivity contribution in [2.24, 2.45) is 0 Å². The number of ether oxygens (including phenoxy) is 1. The molecule has 1 saturated heterocycles. The summed E-state index contributed by atoms with van der Waals surface area (Å²) < 4.78 is 7.79. The minimum Gasteiger partial charge on any atom is -0.487 e. The highest BCUT2D eigenvalue weighted by atomic mass is 16.5. The van der Waals surface area contributed by atoms with Crippen LogP contribution in [-0.2, 0) is 6.61 Å². The standard InChI is InChI=1S/C20H22N4O2/c25-20(23-16-6-4-9-21-12-16)15-5-3-7-18(11-15)26-14-17-13-24-10-2-1-8-19(24)22-17/h1-3,5,7-8,10-11,13,16,21H,4,6,9,12,14H2,(H,23,25)/t16-/m0/s1. The molecule has 3 heterocycles. The molecule has 1 atom stereocenters. The molecule has 26 heavy (non-hydrogen) atoms. The number of nitrogens with zero attached hydrogens (tertiary/aromatic N) is 2. The van der Waals surface area contributed by atoms with E-state index < -0.39 is 0 Å². The fourth-order valence-electron chi connectivity index (χ4n) is 3.18. The number of carbonyl (C=O) groups is 1. The quantitative estimate of drug-likeness (QED) is 0.741. The average Bonchev–Trinajstić information content (AvgIpc) is 3.10. The molecule has 0 bridgehead atoms. The Bertz CT molecular complexity index is 866. The van der Waals surface area contributed by atoms with Gasteiger partial charge in [0.25, 0.3) is 5.91 Å². The zero-order valence-corrected chi connectivity index (χ0v) is 14.5. The highest BCUT2D eigenvalue weighted by molar-refractivity contribution is 5.94. The van der Waals surface area contributed by atoms with Crippen LogP contribution in [0.4, 0.5) is 0 Å². The Balaban J connectivity index is 1.39. The number of pyridine rings is 1. The van der Waals surface area contributed by atoms with Gasteiger partial charge in [-0.05, 0) is 49.7 Å². The zero-order valence-electron chi connectivity index (χ0n) is 14.5. The molecule has 1 fully saturated rings.